The van der Waals surface area contributed by atoms with Crippen LogP contribution < -0.4 is 5.32 Å². The van der Waals surface area contributed by atoms with Crippen LogP contribution in [0.4, 0.5) is 0 Å². The number of aliphatic hydroxyl groups excluding tert-OH is 4. The third-order valence-electron chi connectivity index (χ3n) is 5.13. The van der Waals surface area contributed by atoms with E-state index in [0.717, 1.165) is 19.3 Å². The summed E-state index contributed by atoms with van der Waals surface area (Å²) in [7, 11) is 0. The quantitative estimate of drug-likeness (QED) is 0.305. The summed E-state index contributed by atoms with van der Waals surface area (Å²) in [5.41, 5.74) is 0. The SMILES string of the molecule is CCCCCCCCCCCC(O)CC(=O)NC1CC(O)C(O)CO[C@@H]1O. The number of aliphatic hydroxyl groups is 4. The summed E-state index contributed by atoms with van der Waals surface area (Å²) >= 11 is 0. The number of unbranched alkanes of at least 4 members (excludes halogenated alkanes) is 8. The standard InChI is InChI=1S/C20H39NO6/c1-2-3-4-5-6-7-8-9-10-11-15(22)12-19(25)21-16-13-17(23)18(24)14-27-20(16)26/h15-18,20,22-24,26H,2-14H2,1H3,(H,21,25)/t15?,16?,17?,18?,20-/m0/s1. The Bertz CT molecular complexity index is 395. The van der Waals surface area contributed by atoms with Crippen LogP contribution in [0.15, 0.2) is 0 Å². The second-order valence-electron chi connectivity index (χ2n) is 7.74. The zero-order valence-electron chi connectivity index (χ0n) is 16.7. The van der Waals surface area contributed by atoms with Gasteiger partial charge in [-0.05, 0) is 6.42 Å². The third kappa shape index (κ3) is 11.0. The van der Waals surface area contributed by atoms with Crippen molar-refractivity contribution in [2.24, 2.45) is 0 Å². The van der Waals surface area contributed by atoms with E-state index >= 15 is 0 Å². The van der Waals surface area contributed by atoms with E-state index in [-0.39, 0.29) is 19.4 Å². The number of ether oxygens (including phenoxy) is 1. The van der Waals surface area contributed by atoms with E-state index in [1.54, 1.807) is 0 Å². The molecule has 1 heterocycles. The van der Waals surface area contributed by atoms with Crippen LogP contribution >= 0.6 is 0 Å². The molecule has 0 aliphatic carbocycles. The van der Waals surface area contributed by atoms with Crippen LogP contribution in [0.2, 0.25) is 0 Å². The van der Waals surface area contributed by atoms with Gasteiger partial charge in [-0.3, -0.25) is 4.79 Å². The van der Waals surface area contributed by atoms with Crippen molar-refractivity contribution < 1.29 is 30.0 Å². The molecule has 0 saturated carbocycles. The number of rotatable bonds is 13. The zero-order valence-corrected chi connectivity index (χ0v) is 16.7. The highest BCUT2D eigenvalue weighted by molar-refractivity contribution is 5.76. The van der Waals surface area contributed by atoms with E-state index in [9.17, 15) is 25.2 Å². The van der Waals surface area contributed by atoms with Gasteiger partial charge in [0, 0.05) is 6.42 Å². The Hall–Kier alpha value is -0.730. The average Bonchev–Trinajstić information content (AvgIpc) is 2.74. The second-order valence-corrected chi connectivity index (χ2v) is 7.74. The highest BCUT2D eigenvalue weighted by Crippen LogP contribution is 2.15. The van der Waals surface area contributed by atoms with Crippen molar-refractivity contribution >= 4 is 5.91 Å². The van der Waals surface area contributed by atoms with Crippen molar-refractivity contribution in [3.8, 4) is 0 Å². The lowest BCUT2D eigenvalue weighted by atomic mass is 10.0. The van der Waals surface area contributed by atoms with Gasteiger partial charge in [-0.2, -0.15) is 0 Å². The van der Waals surface area contributed by atoms with E-state index in [1.807, 2.05) is 0 Å². The molecule has 160 valence electrons. The molecular weight excluding hydrogens is 350 g/mol. The minimum Gasteiger partial charge on any atom is -0.393 e. The summed E-state index contributed by atoms with van der Waals surface area (Å²) in [5, 5.41) is 41.7. The molecule has 27 heavy (non-hydrogen) atoms. The third-order valence-corrected chi connectivity index (χ3v) is 5.13. The number of carbonyl (C=O) groups is 1. The minimum absolute atomic E-state index is 0.00241. The summed E-state index contributed by atoms with van der Waals surface area (Å²) in [5.74, 6) is -0.394. The molecule has 0 aromatic carbocycles. The summed E-state index contributed by atoms with van der Waals surface area (Å²) in [6.45, 7) is 2.03. The van der Waals surface area contributed by atoms with E-state index in [2.05, 4.69) is 12.2 Å². The lowest BCUT2D eigenvalue weighted by Gasteiger charge is -2.23. The fourth-order valence-electron chi connectivity index (χ4n) is 3.36. The topological polar surface area (TPSA) is 119 Å². The molecule has 1 rings (SSSR count). The Morgan fingerprint density at radius 3 is 2.22 bits per heavy atom. The molecule has 7 nitrogen and oxygen atoms in total. The van der Waals surface area contributed by atoms with Gasteiger partial charge in [0.2, 0.25) is 5.91 Å². The maximum absolute atomic E-state index is 12.0. The molecule has 1 aliphatic rings. The van der Waals surface area contributed by atoms with Gasteiger partial charge in [0.25, 0.3) is 0 Å². The number of carbonyl (C=O) groups excluding carboxylic acids is 1. The first kappa shape index (κ1) is 24.3. The van der Waals surface area contributed by atoms with Gasteiger partial charge in [-0.15, -0.1) is 0 Å². The van der Waals surface area contributed by atoms with Crippen LogP contribution in [0.5, 0.6) is 0 Å². The molecule has 1 fully saturated rings. The summed E-state index contributed by atoms with van der Waals surface area (Å²) in [6.07, 6.45) is 7.22. The highest BCUT2D eigenvalue weighted by Gasteiger charge is 2.32. The van der Waals surface area contributed by atoms with Gasteiger partial charge < -0.3 is 30.5 Å². The molecule has 0 radical (unpaired) electrons. The molecule has 1 aliphatic heterocycles. The van der Waals surface area contributed by atoms with Crippen molar-refractivity contribution in [1.29, 1.82) is 0 Å². The summed E-state index contributed by atoms with van der Waals surface area (Å²) in [6, 6.07) is -0.801. The molecule has 0 bridgehead atoms. The lowest BCUT2D eigenvalue weighted by molar-refractivity contribution is -0.139. The Morgan fingerprint density at radius 2 is 1.59 bits per heavy atom. The monoisotopic (exact) mass is 389 g/mol. The Balaban J connectivity index is 2.11. The highest BCUT2D eigenvalue weighted by atomic mass is 16.6. The smallest absolute Gasteiger partial charge is 0.222 e. The molecule has 1 saturated heterocycles. The average molecular weight is 390 g/mol. The van der Waals surface area contributed by atoms with Gasteiger partial charge in [-0.1, -0.05) is 64.7 Å². The maximum Gasteiger partial charge on any atom is 0.222 e. The van der Waals surface area contributed by atoms with Gasteiger partial charge in [0.15, 0.2) is 6.29 Å². The first-order chi connectivity index (χ1) is 12.9. The van der Waals surface area contributed by atoms with Gasteiger partial charge in [-0.25, -0.2) is 0 Å². The van der Waals surface area contributed by atoms with Gasteiger partial charge in [0.05, 0.1) is 31.3 Å². The maximum atomic E-state index is 12.0. The first-order valence-corrected chi connectivity index (χ1v) is 10.6. The Labute approximate surface area is 163 Å². The van der Waals surface area contributed by atoms with Crippen LogP contribution in [0.3, 0.4) is 0 Å². The predicted octanol–water partition coefficient (Wildman–Crippen LogP) is 1.60. The van der Waals surface area contributed by atoms with E-state index in [4.69, 9.17) is 4.74 Å². The van der Waals surface area contributed by atoms with Crippen molar-refractivity contribution in [1.82, 2.24) is 5.32 Å². The number of nitrogens with one attached hydrogen (secondary N) is 1. The first-order valence-electron chi connectivity index (χ1n) is 10.6. The molecule has 4 unspecified atom stereocenters. The van der Waals surface area contributed by atoms with Crippen molar-refractivity contribution in [3.63, 3.8) is 0 Å². The number of amides is 1. The van der Waals surface area contributed by atoms with Crippen LogP contribution in [-0.4, -0.2) is 63.6 Å². The number of hydrogen-bond acceptors (Lipinski definition) is 6. The molecule has 7 heteroatoms. The van der Waals surface area contributed by atoms with E-state index in [1.165, 1.54) is 38.5 Å². The normalized spacial score (nSPS) is 27.1. The summed E-state index contributed by atoms with van der Waals surface area (Å²) in [4.78, 5) is 12.0. The van der Waals surface area contributed by atoms with E-state index in [0.29, 0.717) is 6.42 Å². The largest absolute Gasteiger partial charge is 0.393 e. The fraction of sp³-hybridized carbons (Fsp3) is 0.950. The van der Waals surface area contributed by atoms with Gasteiger partial charge in [0.1, 0.15) is 6.10 Å². The molecular formula is C20H39NO6. The molecule has 0 aromatic heterocycles. The molecule has 5 atom stereocenters. The van der Waals surface area contributed by atoms with E-state index < -0.39 is 36.6 Å². The predicted molar refractivity (Wildman–Crippen MR) is 103 cm³/mol. The Kier molecular flexibility index (Phi) is 12.9. The van der Waals surface area contributed by atoms with Crippen molar-refractivity contribution in [2.45, 2.75) is 115 Å². The second kappa shape index (κ2) is 14.3. The zero-order chi connectivity index (χ0) is 20.1. The molecule has 0 aromatic rings. The minimum atomic E-state index is -1.28. The molecule has 0 spiro atoms. The van der Waals surface area contributed by atoms with Crippen molar-refractivity contribution in [2.75, 3.05) is 6.61 Å². The van der Waals surface area contributed by atoms with Crippen LogP contribution in [0.1, 0.15) is 84.0 Å². The lowest BCUT2D eigenvalue weighted by Crippen LogP contribution is -2.46. The fourth-order valence-corrected chi connectivity index (χ4v) is 3.36. The van der Waals surface area contributed by atoms with Gasteiger partial charge >= 0.3 is 0 Å². The van der Waals surface area contributed by atoms with Crippen LogP contribution in [0.25, 0.3) is 0 Å². The number of hydrogen-bond donors (Lipinski definition) is 5. The molecule has 5 N–H and O–H groups in total. The van der Waals surface area contributed by atoms with Crippen molar-refractivity contribution in [3.05, 3.63) is 0 Å². The summed E-state index contributed by atoms with van der Waals surface area (Å²) < 4.78 is 5.01. The van der Waals surface area contributed by atoms with Crippen LogP contribution in [-0.2, 0) is 9.53 Å². The Morgan fingerprint density at radius 1 is 1.00 bits per heavy atom. The van der Waals surface area contributed by atoms with Crippen LogP contribution in [0, 0.1) is 0 Å². The molecule has 1 amide bonds.